The fraction of sp³-hybridized carbons (Fsp3) is 0.333. The van der Waals surface area contributed by atoms with E-state index in [-0.39, 0.29) is 6.10 Å². The van der Waals surface area contributed by atoms with Crippen LogP contribution in [0.5, 0.6) is 5.75 Å². The van der Waals surface area contributed by atoms with Crippen LogP contribution < -0.4 is 4.74 Å². The van der Waals surface area contributed by atoms with Crippen molar-refractivity contribution >= 4 is 10.9 Å². The first kappa shape index (κ1) is 15.1. The van der Waals surface area contributed by atoms with Crippen LogP contribution in [0.4, 0.5) is 0 Å². The predicted molar refractivity (Wildman–Crippen MR) is 90.7 cm³/mol. The van der Waals surface area contributed by atoms with E-state index in [1.165, 1.54) is 5.56 Å². The van der Waals surface area contributed by atoms with Crippen LogP contribution in [0.3, 0.4) is 0 Å². The molecule has 0 bridgehead atoms. The minimum atomic E-state index is -0.506. The summed E-state index contributed by atoms with van der Waals surface area (Å²) in [6.45, 7) is 2.02. The van der Waals surface area contributed by atoms with Gasteiger partial charge in [-0.25, -0.2) is 0 Å². The molecule has 2 aromatic heterocycles. The van der Waals surface area contributed by atoms with Gasteiger partial charge in [0.2, 0.25) is 0 Å². The Labute approximate surface area is 140 Å². The normalized spacial score (nSPS) is 21.4. The summed E-state index contributed by atoms with van der Waals surface area (Å²) in [7, 11) is 1.84. The molecule has 3 aromatic rings. The molecule has 4 rings (SSSR count). The lowest BCUT2D eigenvalue weighted by Crippen LogP contribution is -2.29. The molecule has 0 unspecified atom stereocenters. The molecule has 2 atom stereocenters. The van der Waals surface area contributed by atoms with Crippen molar-refractivity contribution < 1.29 is 9.84 Å². The highest BCUT2D eigenvalue weighted by molar-refractivity contribution is 5.81. The Morgan fingerprint density at radius 2 is 2.12 bits per heavy atom. The molecule has 0 radical (unpaired) electrons. The van der Waals surface area contributed by atoms with Crippen LogP contribution in [-0.2, 0) is 13.6 Å². The third kappa shape index (κ3) is 2.98. The molecule has 1 aliphatic rings. The molecule has 24 heavy (non-hydrogen) atoms. The smallest absolute Gasteiger partial charge is 0.157 e. The Balaban J connectivity index is 1.47. The third-order valence-corrected chi connectivity index (χ3v) is 4.39. The number of aliphatic hydroxyl groups excluding tert-OH is 1. The summed E-state index contributed by atoms with van der Waals surface area (Å²) >= 11 is 0. The third-order valence-electron chi connectivity index (χ3n) is 4.39. The molecule has 1 saturated heterocycles. The molecule has 6 heteroatoms. The van der Waals surface area contributed by atoms with E-state index in [1.54, 1.807) is 10.9 Å². The number of para-hydroxylation sites is 1. The van der Waals surface area contributed by atoms with Gasteiger partial charge in [-0.15, -0.1) is 0 Å². The van der Waals surface area contributed by atoms with E-state index >= 15 is 0 Å². The second kappa shape index (κ2) is 6.22. The van der Waals surface area contributed by atoms with Crippen LogP contribution in [0, 0.1) is 0 Å². The largest absolute Gasteiger partial charge is 0.483 e. The SMILES string of the molecule is Cn1cc(O[C@@H]2CN(Cc3cccc4cccnc34)C[C@H]2O)cn1. The first-order valence-electron chi connectivity index (χ1n) is 8.07. The molecular formula is C18H20N4O2. The van der Waals surface area contributed by atoms with Crippen LogP contribution in [0.15, 0.2) is 48.9 Å². The van der Waals surface area contributed by atoms with Crippen LogP contribution >= 0.6 is 0 Å². The van der Waals surface area contributed by atoms with Gasteiger partial charge in [0, 0.05) is 38.3 Å². The van der Waals surface area contributed by atoms with Gasteiger partial charge in [0.05, 0.1) is 17.9 Å². The number of hydrogen-bond acceptors (Lipinski definition) is 5. The standard InChI is InChI=1S/C18H20N4O2/c1-21-10-15(8-20-21)24-17-12-22(11-16(17)23)9-14-5-2-4-13-6-3-7-19-18(13)14/h2-8,10,16-17,23H,9,11-12H2,1H3/t16-,17-/m1/s1. The van der Waals surface area contributed by atoms with E-state index in [0.29, 0.717) is 18.8 Å². The first-order chi connectivity index (χ1) is 11.7. The highest BCUT2D eigenvalue weighted by Gasteiger charge is 2.33. The van der Waals surface area contributed by atoms with E-state index < -0.39 is 6.10 Å². The number of β-amino-alcohol motifs (C(OH)–C–C–N with tert-alkyl or cyclic N) is 1. The molecular weight excluding hydrogens is 304 g/mol. The van der Waals surface area contributed by atoms with Crippen molar-refractivity contribution in [1.82, 2.24) is 19.7 Å². The maximum Gasteiger partial charge on any atom is 0.157 e. The van der Waals surface area contributed by atoms with E-state index in [4.69, 9.17) is 4.74 Å². The number of rotatable bonds is 4. The topological polar surface area (TPSA) is 63.4 Å². The number of aliphatic hydroxyl groups is 1. The lowest BCUT2D eigenvalue weighted by atomic mass is 10.1. The zero-order chi connectivity index (χ0) is 16.5. The summed E-state index contributed by atoms with van der Waals surface area (Å²) < 4.78 is 7.56. The van der Waals surface area contributed by atoms with Crippen molar-refractivity contribution in [3.63, 3.8) is 0 Å². The lowest BCUT2D eigenvalue weighted by molar-refractivity contribution is 0.0736. The van der Waals surface area contributed by atoms with Crippen molar-refractivity contribution in [3.8, 4) is 5.75 Å². The number of hydrogen-bond donors (Lipinski definition) is 1. The number of aromatic nitrogens is 3. The van der Waals surface area contributed by atoms with Crippen molar-refractivity contribution in [1.29, 1.82) is 0 Å². The van der Waals surface area contributed by atoms with Gasteiger partial charge in [-0.1, -0.05) is 24.3 Å². The van der Waals surface area contributed by atoms with Gasteiger partial charge in [-0.05, 0) is 11.6 Å². The zero-order valence-electron chi connectivity index (χ0n) is 13.5. The highest BCUT2D eigenvalue weighted by atomic mass is 16.5. The minimum Gasteiger partial charge on any atom is -0.483 e. The molecule has 1 aliphatic heterocycles. The number of ether oxygens (including phenoxy) is 1. The molecule has 0 amide bonds. The van der Waals surface area contributed by atoms with Crippen LogP contribution in [0.2, 0.25) is 0 Å². The number of fused-ring (bicyclic) bond motifs is 1. The van der Waals surface area contributed by atoms with Gasteiger partial charge in [-0.3, -0.25) is 14.6 Å². The van der Waals surface area contributed by atoms with Gasteiger partial charge in [0.15, 0.2) is 5.75 Å². The zero-order valence-corrected chi connectivity index (χ0v) is 13.5. The van der Waals surface area contributed by atoms with Gasteiger partial charge in [0.1, 0.15) is 12.2 Å². The number of aryl methyl sites for hydroxylation is 1. The Morgan fingerprint density at radius 3 is 2.96 bits per heavy atom. The number of nitrogens with zero attached hydrogens (tertiary/aromatic N) is 4. The van der Waals surface area contributed by atoms with E-state index in [0.717, 1.165) is 17.4 Å². The summed E-state index contributed by atoms with van der Waals surface area (Å²) in [5.74, 6) is 0.690. The fourth-order valence-electron chi connectivity index (χ4n) is 3.25. The number of likely N-dealkylation sites (tertiary alicyclic amines) is 1. The molecule has 1 fully saturated rings. The van der Waals surface area contributed by atoms with Gasteiger partial charge in [0.25, 0.3) is 0 Å². The van der Waals surface area contributed by atoms with E-state index in [1.807, 2.05) is 25.5 Å². The highest BCUT2D eigenvalue weighted by Crippen LogP contribution is 2.22. The fourth-order valence-corrected chi connectivity index (χ4v) is 3.25. The monoisotopic (exact) mass is 324 g/mol. The second-order valence-corrected chi connectivity index (χ2v) is 6.26. The average Bonchev–Trinajstić information content (AvgIpc) is 3.14. The maximum atomic E-state index is 10.3. The van der Waals surface area contributed by atoms with E-state index in [9.17, 15) is 5.11 Å². The van der Waals surface area contributed by atoms with Gasteiger partial charge in [-0.2, -0.15) is 5.10 Å². The summed E-state index contributed by atoms with van der Waals surface area (Å²) in [5, 5.41) is 15.5. The first-order valence-corrected chi connectivity index (χ1v) is 8.07. The molecule has 6 nitrogen and oxygen atoms in total. The molecule has 1 aromatic carbocycles. The predicted octanol–water partition coefficient (Wildman–Crippen LogP) is 1.59. The average molecular weight is 324 g/mol. The molecule has 0 spiro atoms. The maximum absolute atomic E-state index is 10.3. The molecule has 1 N–H and O–H groups in total. The second-order valence-electron chi connectivity index (χ2n) is 6.26. The van der Waals surface area contributed by atoms with Gasteiger partial charge < -0.3 is 9.84 Å². The number of benzene rings is 1. The van der Waals surface area contributed by atoms with Crippen molar-refractivity contribution in [3.05, 3.63) is 54.5 Å². The van der Waals surface area contributed by atoms with Crippen LogP contribution in [0.1, 0.15) is 5.56 Å². The van der Waals surface area contributed by atoms with Crippen molar-refractivity contribution in [2.75, 3.05) is 13.1 Å². The van der Waals surface area contributed by atoms with Crippen molar-refractivity contribution in [2.24, 2.45) is 7.05 Å². The Bertz CT molecular complexity index is 842. The van der Waals surface area contributed by atoms with Gasteiger partial charge >= 0.3 is 0 Å². The minimum absolute atomic E-state index is 0.239. The summed E-state index contributed by atoms with van der Waals surface area (Å²) in [4.78, 5) is 6.70. The number of pyridine rings is 1. The summed E-state index contributed by atoms with van der Waals surface area (Å²) in [6.07, 6.45) is 4.55. The van der Waals surface area contributed by atoms with Crippen LogP contribution in [-0.4, -0.2) is 50.1 Å². The molecule has 3 heterocycles. The Hall–Kier alpha value is -2.44. The van der Waals surface area contributed by atoms with Crippen LogP contribution in [0.25, 0.3) is 10.9 Å². The summed E-state index contributed by atoms with van der Waals surface area (Å²) in [5.41, 5.74) is 2.19. The lowest BCUT2D eigenvalue weighted by Gasteiger charge is -2.17. The molecule has 0 saturated carbocycles. The Morgan fingerprint density at radius 1 is 1.25 bits per heavy atom. The quantitative estimate of drug-likeness (QED) is 0.790. The molecule has 0 aliphatic carbocycles. The molecule has 124 valence electrons. The Kier molecular flexibility index (Phi) is 3.92. The summed E-state index contributed by atoms with van der Waals surface area (Å²) in [6, 6.07) is 10.2. The van der Waals surface area contributed by atoms with Crippen molar-refractivity contribution in [2.45, 2.75) is 18.8 Å². The van der Waals surface area contributed by atoms with E-state index in [2.05, 4.69) is 39.2 Å².